The highest BCUT2D eigenvalue weighted by Crippen LogP contribution is 2.52. The van der Waals surface area contributed by atoms with Gasteiger partial charge in [-0.3, -0.25) is 4.79 Å². The van der Waals surface area contributed by atoms with Crippen LogP contribution in [0.1, 0.15) is 75.3 Å². The van der Waals surface area contributed by atoms with Crippen molar-refractivity contribution in [3.8, 4) is 11.5 Å². The van der Waals surface area contributed by atoms with Gasteiger partial charge in [0.05, 0.1) is 14.2 Å². The molecule has 2 aromatic rings. The number of thioether (sulfide) groups is 1. The van der Waals surface area contributed by atoms with Gasteiger partial charge in [0.1, 0.15) is 11.5 Å². The zero-order valence-electron chi connectivity index (χ0n) is 19.6. The molecule has 0 radical (unpaired) electrons. The van der Waals surface area contributed by atoms with E-state index in [0.717, 1.165) is 42.9 Å². The summed E-state index contributed by atoms with van der Waals surface area (Å²) < 4.78 is 10.9. The fourth-order valence-electron chi connectivity index (χ4n) is 4.79. The van der Waals surface area contributed by atoms with Crippen LogP contribution in [-0.2, 0) is 10.2 Å². The lowest BCUT2D eigenvalue weighted by Crippen LogP contribution is -2.36. The highest BCUT2D eigenvalue weighted by atomic mass is 32.2. The first-order chi connectivity index (χ1) is 15.5. The normalized spacial score (nSPS) is 19.9. The zero-order chi connectivity index (χ0) is 23.0. The summed E-state index contributed by atoms with van der Waals surface area (Å²) >= 11 is 1.93. The summed E-state index contributed by atoms with van der Waals surface area (Å²) in [7, 11) is 3.44. The van der Waals surface area contributed by atoms with Crippen LogP contribution >= 0.6 is 11.8 Å². The Morgan fingerprint density at radius 2 is 1.59 bits per heavy atom. The van der Waals surface area contributed by atoms with Crippen LogP contribution in [0.4, 0.5) is 0 Å². The second-order valence-corrected chi connectivity index (χ2v) is 9.96. The fraction of sp³-hybridized carbons (Fsp3) is 0.519. The molecule has 1 heterocycles. The van der Waals surface area contributed by atoms with Gasteiger partial charge in [-0.2, -0.15) is 0 Å². The number of carboxylic acid groups (broad SMARTS) is 1. The van der Waals surface area contributed by atoms with Gasteiger partial charge in [-0.1, -0.05) is 57.2 Å². The van der Waals surface area contributed by atoms with Crippen LogP contribution in [0.2, 0.25) is 0 Å². The Bertz CT molecular complexity index is 880. The molecule has 3 rings (SSSR count). The predicted octanol–water partition coefficient (Wildman–Crippen LogP) is 7.06. The first-order valence-electron chi connectivity index (χ1n) is 11.6. The minimum absolute atomic E-state index is 0.0556. The Morgan fingerprint density at radius 1 is 0.969 bits per heavy atom. The molecule has 2 aromatic carbocycles. The van der Waals surface area contributed by atoms with Crippen molar-refractivity contribution in [3.63, 3.8) is 0 Å². The average molecular weight is 457 g/mol. The number of carboxylic acids is 1. The smallest absolute Gasteiger partial charge is 0.303 e. The van der Waals surface area contributed by atoms with E-state index >= 15 is 0 Å². The molecule has 0 aliphatic carbocycles. The van der Waals surface area contributed by atoms with E-state index < -0.39 is 5.97 Å². The van der Waals surface area contributed by atoms with Crippen LogP contribution in [-0.4, -0.2) is 31.0 Å². The van der Waals surface area contributed by atoms with E-state index in [1.807, 2.05) is 11.8 Å². The first-order valence-corrected chi connectivity index (χ1v) is 12.6. The summed E-state index contributed by atoms with van der Waals surface area (Å²) in [5.41, 5.74) is 2.85. The van der Waals surface area contributed by atoms with Crippen LogP contribution in [0.3, 0.4) is 0 Å². The fourth-order valence-corrected chi connectivity index (χ4v) is 6.19. The molecule has 0 amide bonds. The average Bonchev–Trinajstić information content (AvgIpc) is 2.81. The lowest BCUT2D eigenvalue weighted by Gasteiger charge is -2.43. The van der Waals surface area contributed by atoms with Gasteiger partial charge < -0.3 is 14.6 Å². The number of fused-ring (bicyclic) bond motifs is 1. The molecule has 0 saturated heterocycles. The second kappa shape index (κ2) is 11.6. The van der Waals surface area contributed by atoms with Crippen LogP contribution in [0.25, 0.3) is 0 Å². The molecule has 174 valence electrons. The highest BCUT2D eigenvalue weighted by Gasteiger charge is 2.41. The number of benzene rings is 2. The summed E-state index contributed by atoms with van der Waals surface area (Å²) in [6.07, 6.45) is 7.93. The number of hydrogen-bond acceptors (Lipinski definition) is 4. The van der Waals surface area contributed by atoms with E-state index in [4.69, 9.17) is 14.6 Å². The molecular weight excluding hydrogens is 420 g/mol. The van der Waals surface area contributed by atoms with Gasteiger partial charge in [-0.25, -0.2) is 0 Å². The number of rotatable bonds is 12. The van der Waals surface area contributed by atoms with Crippen LogP contribution < -0.4 is 9.47 Å². The molecule has 0 aromatic heterocycles. The minimum atomic E-state index is -0.687. The third-order valence-electron chi connectivity index (χ3n) is 6.78. The van der Waals surface area contributed by atoms with Crippen molar-refractivity contribution < 1.29 is 19.4 Å². The van der Waals surface area contributed by atoms with Gasteiger partial charge in [-0.15, -0.1) is 11.8 Å². The van der Waals surface area contributed by atoms with E-state index in [0.29, 0.717) is 12.3 Å². The van der Waals surface area contributed by atoms with E-state index in [9.17, 15) is 4.79 Å². The number of unbranched alkanes of at least 4 members (excludes halogenated alkanes) is 5. The third-order valence-corrected chi connectivity index (χ3v) is 8.18. The number of aliphatic carboxylic acids is 1. The molecule has 1 unspecified atom stereocenters. The molecule has 32 heavy (non-hydrogen) atoms. The summed E-state index contributed by atoms with van der Waals surface area (Å²) in [5.74, 6) is 2.62. The topological polar surface area (TPSA) is 55.8 Å². The maximum Gasteiger partial charge on any atom is 0.303 e. The molecular formula is C27H36O4S. The molecule has 0 fully saturated rings. The van der Waals surface area contributed by atoms with Gasteiger partial charge in [0.15, 0.2) is 0 Å². The quantitative estimate of drug-likeness (QED) is 0.347. The molecule has 0 spiro atoms. The first kappa shape index (κ1) is 24.5. The molecule has 1 N–H and O–H groups in total. The molecule has 1 aliphatic rings. The van der Waals surface area contributed by atoms with Crippen molar-refractivity contribution in [1.29, 1.82) is 0 Å². The Labute approximate surface area is 196 Å². The summed E-state index contributed by atoms with van der Waals surface area (Å²) in [6, 6.07) is 15.1. The van der Waals surface area contributed by atoms with E-state index in [2.05, 4.69) is 49.4 Å². The predicted molar refractivity (Wildman–Crippen MR) is 131 cm³/mol. The van der Waals surface area contributed by atoms with Crippen molar-refractivity contribution in [2.45, 2.75) is 74.5 Å². The monoisotopic (exact) mass is 456 g/mol. The van der Waals surface area contributed by atoms with Crippen molar-refractivity contribution in [2.24, 2.45) is 0 Å². The number of ether oxygens (including phenoxy) is 2. The maximum atomic E-state index is 10.6. The Hall–Kier alpha value is -2.14. The largest absolute Gasteiger partial charge is 0.497 e. The standard InChI is InChI=1S/C27H36O4S/c1-27(20-12-14-21(30-2)15-13-20)19-32-25-18-22(31-3)16-17-23(25)24(27)10-8-6-4-5-7-9-11-26(28)29/h12-18,24H,4-11,19H2,1-3H3,(H,28,29)/t24?,27-/m0/s1. The lowest BCUT2D eigenvalue weighted by atomic mass is 9.68. The van der Waals surface area contributed by atoms with Crippen LogP contribution in [0.15, 0.2) is 47.4 Å². The molecule has 4 nitrogen and oxygen atoms in total. The molecule has 0 saturated carbocycles. The van der Waals surface area contributed by atoms with Gasteiger partial charge in [-0.05, 0) is 54.2 Å². The SMILES string of the molecule is COc1ccc([C@]2(C)CSc3cc(OC)ccc3C2CCCCCCCCC(=O)O)cc1. The van der Waals surface area contributed by atoms with Gasteiger partial charge in [0.2, 0.25) is 0 Å². The number of methoxy groups -OCH3 is 2. The zero-order valence-corrected chi connectivity index (χ0v) is 20.4. The number of carbonyl (C=O) groups is 1. The Kier molecular flexibility index (Phi) is 8.92. The molecule has 1 aliphatic heterocycles. The second-order valence-electron chi connectivity index (χ2n) is 8.94. The van der Waals surface area contributed by atoms with Crippen LogP contribution in [0.5, 0.6) is 11.5 Å². The lowest BCUT2D eigenvalue weighted by molar-refractivity contribution is -0.137. The Morgan fingerprint density at radius 3 is 2.25 bits per heavy atom. The summed E-state index contributed by atoms with van der Waals surface area (Å²) in [6.45, 7) is 2.41. The number of hydrogen-bond donors (Lipinski definition) is 1. The van der Waals surface area contributed by atoms with E-state index in [1.54, 1.807) is 14.2 Å². The van der Waals surface area contributed by atoms with Crippen molar-refractivity contribution in [1.82, 2.24) is 0 Å². The molecule has 5 heteroatoms. The Balaban J connectivity index is 1.71. The summed E-state index contributed by atoms with van der Waals surface area (Å²) in [4.78, 5) is 12.0. The van der Waals surface area contributed by atoms with Crippen molar-refractivity contribution in [3.05, 3.63) is 53.6 Å². The van der Waals surface area contributed by atoms with Crippen molar-refractivity contribution in [2.75, 3.05) is 20.0 Å². The van der Waals surface area contributed by atoms with Crippen LogP contribution in [0, 0.1) is 0 Å². The highest BCUT2D eigenvalue weighted by molar-refractivity contribution is 7.99. The third kappa shape index (κ3) is 6.00. The van der Waals surface area contributed by atoms with Gasteiger partial charge in [0, 0.05) is 22.5 Å². The molecule has 2 atom stereocenters. The van der Waals surface area contributed by atoms with Gasteiger partial charge in [0.25, 0.3) is 0 Å². The molecule has 0 bridgehead atoms. The van der Waals surface area contributed by atoms with E-state index in [-0.39, 0.29) is 5.41 Å². The maximum absolute atomic E-state index is 10.6. The van der Waals surface area contributed by atoms with Crippen molar-refractivity contribution >= 4 is 17.7 Å². The van der Waals surface area contributed by atoms with Gasteiger partial charge >= 0.3 is 5.97 Å². The minimum Gasteiger partial charge on any atom is -0.497 e. The van der Waals surface area contributed by atoms with E-state index in [1.165, 1.54) is 35.3 Å². The summed E-state index contributed by atoms with van der Waals surface area (Å²) in [5, 5.41) is 8.77.